The van der Waals surface area contributed by atoms with Crippen LogP contribution in [-0.4, -0.2) is 0 Å². The summed E-state index contributed by atoms with van der Waals surface area (Å²) in [5.74, 6) is 0.529. The highest BCUT2D eigenvalue weighted by atomic mass is 14.1. The smallest absolute Gasteiger partial charge is 0.0150 e. The topological polar surface area (TPSA) is 0 Å². The summed E-state index contributed by atoms with van der Waals surface area (Å²) in [5.41, 5.74) is 9.54. The van der Waals surface area contributed by atoms with Gasteiger partial charge < -0.3 is 0 Å². The summed E-state index contributed by atoms with van der Waals surface area (Å²) in [7, 11) is 0. The zero-order chi connectivity index (χ0) is 23.6. The van der Waals surface area contributed by atoms with Crippen molar-refractivity contribution in [3.63, 3.8) is 0 Å². The Morgan fingerprint density at radius 2 is 0.971 bits per heavy atom. The maximum atomic E-state index is 2.30. The molecule has 0 spiro atoms. The van der Waals surface area contributed by atoms with Crippen LogP contribution in [0.2, 0.25) is 0 Å². The second-order valence-corrected chi connectivity index (χ2v) is 9.40. The maximum absolute atomic E-state index is 2.30. The van der Waals surface area contributed by atoms with Crippen LogP contribution in [0.25, 0.3) is 12.2 Å². The third-order valence-corrected chi connectivity index (χ3v) is 6.60. The molecule has 0 amide bonds. The van der Waals surface area contributed by atoms with Gasteiger partial charge in [-0.05, 0) is 70.5 Å². The minimum atomic E-state index is 0.529. The number of hydrogen-bond acceptors (Lipinski definition) is 0. The van der Waals surface area contributed by atoms with Crippen molar-refractivity contribution >= 4 is 12.2 Å². The summed E-state index contributed by atoms with van der Waals surface area (Å²) in [4.78, 5) is 0. The van der Waals surface area contributed by atoms with Crippen LogP contribution in [0.15, 0.2) is 103 Å². The van der Waals surface area contributed by atoms with Crippen LogP contribution in [0.3, 0.4) is 0 Å². The van der Waals surface area contributed by atoms with Crippen molar-refractivity contribution in [3.05, 3.63) is 142 Å². The Hall–Kier alpha value is -3.38. The van der Waals surface area contributed by atoms with Crippen LogP contribution >= 0.6 is 0 Å². The highest BCUT2D eigenvalue weighted by Crippen LogP contribution is 2.21. The van der Waals surface area contributed by atoms with E-state index in [9.17, 15) is 0 Å². The second kappa shape index (κ2) is 12.2. The Balaban J connectivity index is 1.28. The van der Waals surface area contributed by atoms with Crippen LogP contribution in [0, 0.1) is 0 Å². The van der Waals surface area contributed by atoms with Gasteiger partial charge in [-0.25, -0.2) is 0 Å². The van der Waals surface area contributed by atoms with E-state index < -0.39 is 0 Å². The quantitative estimate of drug-likeness (QED) is 0.214. The Morgan fingerprint density at radius 3 is 1.47 bits per heavy atom. The Labute approximate surface area is 206 Å². The average molecular weight is 445 g/mol. The number of benzene rings is 4. The molecule has 0 fully saturated rings. The number of aryl methyl sites for hydroxylation is 3. The fourth-order valence-electron chi connectivity index (χ4n) is 4.46. The Bertz CT molecular complexity index is 1150. The van der Waals surface area contributed by atoms with Gasteiger partial charge in [-0.15, -0.1) is 0 Å². The van der Waals surface area contributed by atoms with Gasteiger partial charge in [0.15, 0.2) is 0 Å². The number of hydrogen-bond donors (Lipinski definition) is 0. The fraction of sp³-hybridized carbons (Fsp3) is 0.235. The van der Waals surface area contributed by atoms with Crippen molar-refractivity contribution in [1.29, 1.82) is 0 Å². The molecule has 0 aliphatic heterocycles. The van der Waals surface area contributed by atoms with E-state index in [1.54, 1.807) is 0 Å². The summed E-state index contributed by atoms with van der Waals surface area (Å²) >= 11 is 0. The van der Waals surface area contributed by atoms with Crippen LogP contribution in [0.1, 0.15) is 65.1 Å². The highest BCUT2D eigenvalue weighted by molar-refractivity contribution is 5.69. The van der Waals surface area contributed by atoms with E-state index in [4.69, 9.17) is 0 Å². The lowest BCUT2D eigenvalue weighted by atomic mass is 9.93. The first-order valence-electron chi connectivity index (χ1n) is 12.7. The van der Waals surface area contributed by atoms with Gasteiger partial charge in [0.25, 0.3) is 0 Å². The van der Waals surface area contributed by atoms with Crippen molar-refractivity contribution in [2.75, 3.05) is 0 Å². The molecule has 4 aromatic carbocycles. The van der Waals surface area contributed by atoms with Gasteiger partial charge in [0, 0.05) is 0 Å². The van der Waals surface area contributed by atoms with Crippen LogP contribution in [-0.2, 0) is 25.7 Å². The van der Waals surface area contributed by atoms with E-state index in [1.807, 2.05) is 0 Å². The molecule has 172 valence electrons. The molecule has 0 saturated carbocycles. The first kappa shape index (κ1) is 23.8. The third-order valence-electron chi connectivity index (χ3n) is 6.60. The SMILES string of the molecule is CCCc1ccc(CCc2ccc(C=Cc3ccc(C[C@H](C)c4ccccc4)cc3)cc2)cc1. The molecule has 0 unspecified atom stereocenters. The van der Waals surface area contributed by atoms with Gasteiger partial charge in [-0.1, -0.05) is 136 Å². The van der Waals surface area contributed by atoms with Gasteiger partial charge in [0.1, 0.15) is 0 Å². The highest BCUT2D eigenvalue weighted by Gasteiger charge is 2.06. The molecule has 0 radical (unpaired) electrons. The minimum Gasteiger partial charge on any atom is -0.0651 e. The van der Waals surface area contributed by atoms with Crippen LogP contribution in [0.5, 0.6) is 0 Å². The monoisotopic (exact) mass is 444 g/mol. The zero-order valence-electron chi connectivity index (χ0n) is 20.6. The van der Waals surface area contributed by atoms with Gasteiger partial charge in [0.2, 0.25) is 0 Å². The summed E-state index contributed by atoms with van der Waals surface area (Å²) in [6, 6.07) is 37.9. The van der Waals surface area contributed by atoms with Crippen molar-refractivity contribution < 1.29 is 0 Å². The number of rotatable bonds is 10. The van der Waals surface area contributed by atoms with Crippen molar-refractivity contribution in [2.24, 2.45) is 0 Å². The Morgan fingerprint density at radius 1 is 0.529 bits per heavy atom. The molecule has 4 aromatic rings. The van der Waals surface area contributed by atoms with Gasteiger partial charge in [0.05, 0.1) is 0 Å². The average Bonchev–Trinajstić information content (AvgIpc) is 2.89. The lowest BCUT2D eigenvalue weighted by molar-refractivity contribution is 0.759. The van der Waals surface area contributed by atoms with Gasteiger partial charge in [-0.3, -0.25) is 0 Å². The standard InChI is InChI=1S/C34H36/c1-3-7-28-10-12-29(13-11-28)14-15-30-16-18-31(19-17-30)20-21-32-22-24-33(25-23-32)26-27(2)34-8-5-4-6-9-34/h4-6,8-13,16-25,27H,3,7,14-15,26H2,1-2H3/t27-/m0/s1. The van der Waals surface area contributed by atoms with E-state index in [0.717, 1.165) is 19.3 Å². The first-order valence-corrected chi connectivity index (χ1v) is 12.7. The van der Waals surface area contributed by atoms with Gasteiger partial charge >= 0.3 is 0 Å². The molecule has 34 heavy (non-hydrogen) atoms. The van der Waals surface area contributed by atoms with Crippen LogP contribution < -0.4 is 0 Å². The lowest BCUT2D eigenvalue weighted by Crippen LogP contribution is -1.98. The summed E-state index contributed by atoms with van der Waals surface area (Å²) in [6.45, 7) is 4.53. The molecular weight excluding hydrogens is 408 g/mol. The van der Waals surface area contributed by atoms with Crippen molar-refractivity contribution in [2.45, 2.75) is 51.9 Å². The molecule has 0 heteroatoms. The normalized spacial score (nSPS) is 12.2. The molecule has 0 nitrogen and oxygen atoms in total. The molecule has 0 saturated heterocycles. The minimum absolute atomic E-state index is 0.529. The van der Waals surface area contributed by atoms with E-state index >= 15 is 0 Å². The Kier molecular flexibility index (Phi) is 8.52. The molecule has 4 rings (SSSR count). The first-order chi connectivity index (χ1) is 16.7. The van der Waals surface area contributed by atoms with E-state index in [-0.39, 0.29) is 0 Å². The van der Waals surface area contributed by atoms with Gasteiger partial charge in [-0.2, -0.15) is 0 Å². The van der Waals surface area contributed by atoms with E-state index in [0.29, 0.717) is 5.92 Å². The second-order valence-electron chi connectivity index (χ2n) is 9.40. The van der Waals surface area contributed by atoms with E-state index in [1.165, 1.54) is 51.8 Å². The van der Waals surface area contributed by atoms with Crippen LogP contribution in [0.4, 0.5) is 0 Å². The third kappa shape index (κ3) is 7.06. The largest absolute Gasteiger partial charge is 0.0651 e. The molecule has 0 heterocycles. The van der Waals surface area contributed by atoms with E-state index in [2.05, 4.69) is 129 Å². The predicted molar refractivity (Wildman–Crippen MR) is 148 cm³/mol. The molecule has 0 aromatic heterocycles. The molecule has 0 aliphatic carbocycles. The predicted octanol–water partition coefficient (Wildman–Crippen LogP) is 8.94. The molecular formula is C34H36. The summed E-state index contributed by atoms with van der Waals surface area (Å²) in [6.07, 6.45) is 10.0. The molecule has 0 aliphatic rings. The molecule has 0 N–H and O–H groups in total. The van der Waals surface area contributed by atoms with Crippen molar-refractivity contribution in [3.8, 4) is 0 Å². The maximum Gasteiger partial charge on any atom is -0.0150 e. The molecule has 0 bridgehead atoms. The zero-order valence-corrected chi connectivity index (χ0v) is 20.6. The summed E-state index contributed by atoms with van der Waals surface area (Å²) in [5, 5.41) is 0. The fourth-order valence-corrected chi connectivity index (χ4v) is 4.46. The summed E-state index contributed by atoms with van der Waals surface area (Å²) < 4.78 is 0. The molecule has 1 atom stereocenters. The lowest BCUT2D eigenvalue weighted by Gasteiger charge is -2.12. The van der Waals surface area contributed by atoms with Crippen molar-refractivity contribution in [1.82, 2.24) is 0 Å².